The molecule has 0 spiro atoms. The van der Waals surface area contributed by atoms with E-state index in [1.807, 2.05) is 13.8 Å². The summed E-state index contributed by atoms with van der Waals surface area (Å²) >= 11 is 0. The van der Waals surface area contributed by atoms with E-state index in [2.05, 4.69) is 10.4 Å². The molecule has 1 aromatic carbocycles. The molecule has 1 amide bonds. The van der Waals surface area contributed by atoms with Crippen molar-refractivity contribution in [3.05, 3.63) is 40.3 Å². The monoisotopic (exact) mass is 331 g/mol. The molecule has 7 heteroatoms. The van der Waals surface area contributed by atoms with Crippen LogP contribution < -0.4 is 10.9 Å². The van der Waals surface area contributed by atoms with Gasteiger partial charge in [-0.2, -0.15) is 5.10 Å². The van der Waals surface area contributed by atoms with E-state index in [0.717, 1.165) is 6.42 Å². The van der Waals surface area contributed by atoms with Crippen LogP contribution in [0.1, 0.15) is 37.7 Å². The molecule has 128 valence electrons. The zero-order valence-corrected chi connectivity index (χ0v) is 14.0. The van der Waals surface area contributed by atoms with E-state index in [4.69, 9.17) is 4.74 Å². The van der Waals surface area contributed by atoms with Crippen molar-refractivity contribution in [1.29, 1.82) is 0 Å². The SMILES string of the molecule is CC[C@H](C)NC(=O)COC(=O)c1nn(CC)c(=O)c2ccccc12. The average molecular weight is 331 g/mol. The number of aryl methyl sites for hydroxylation is 1. The van der Waals surface area contributed by atoms with Crippen molar-refractivity contribution in [3.63, 3.8) is 0 Å². The number of nitrogens with zero attached hydrogens (tertiary/aromatic N) is 2. The molecule has 0 bridgehead atoms. The number of carbonyl (C=O) groups is 2. The van der Waals surface area contributed by atoms with Crippen molar-refractivity contribution < 1.29 is 14.3 Å². The van der Waals surface area contributed by atoms with E-state index in [1.54, 1.807) is 31.2 Å². The molecule has 1 atom stereocenters. The van der Waals surface area contributed by atoms with E-state index < -0.39 is 5.97 Å². The summed E-state index contributed by atoms with van der Waals surface area (Å²) in [5.41, 5.74) is -0.234. The Morgan fingerprint density at radius 1 is 1.25 bits per heavy atom. The first-order valence-corrected chi connectivity index (χ1v) is 7.94. The second-order valence-corrected chi connectivity index (χ2v) is 5.47. The lowest BCUT2D eigenvalue weighted by Crippen LogP contribution is -2.35. The minimum Gasteiger partial charge on any atom is -0.451 e. The molecule has 0 saturated heterocycles. The Labute approximate surface area is 139 Å². The lowest BCUT2D eigenvalue weighted by atomic mass is 10.1. The maximum absolute atomic E-state index is 12.3. The summed E-state index contributed by atoms with van der Waals surface area (Å²) in [7, 11) is 0. The first kappa shape index (κ1) is 17.7. The third-order valence-electron chi connectivity index (χ3n) is 3.71. The molecule has 0 saturated carbocycles. The molecular formula is C17H21N3O4. The van der Waals surface area contributed by atoms with E-state index in [0.29, 0.717) is 17.3 Å². The van der Waals surface area contributed by atoms with Crippen molar-refractivity contribution in [1.82, 2.24) is 15.1 Å². The number of rotatable bonds is 6. The number of aromatic nitrogens is 2. The Morgan fingerprint density at radius 2 is 1.92 bits per heavy atom. The molecule has 1 heterocycles. The highest BCUT2D eigenvalue weighted by Crippen LogP contribution is 2.14. The van der Waals surface area contributed by atoms with Gasteiger partial charge in [0.2, 0.25) is 0 Å². The van der Waals surface area contributed by atoms with Crippen LogP contribution in [0.15, 0.2) is 29.1 Å². The summed E-state index contributed by atoms with van der Waals surface area (Å²) in [5.74, 6) is -1.10. The Morgan fingerprint density at radius 3 is 2.54 bits per heavy atom. The van der Waals surface area contributed by atoms with Crippen molar-refractivity contribution in [3.8, 4) is 0 Å². The molecule has 7 nitrogen and oxygen atoms in total. The number of esters is 1. The lowest BCUT2D eigenvalue weighted by molar-refractivity contribution is -0.124. The molecule has 1 N–H and O–H groups in total. The number of benzene rings is 1. The van der Waals surface area contributed by atoms with Gasteiger partial charge < -0.3 is 10.1 Å². The van der Waals surface area contributed by atoms with E-state index >= 15 is 0 Å². The molecule has 1 aromatic heterocycles. The normalized spacial score (nSPS) is 12.0. The Hall–Kier alpha value is -2.70. The molecule has 0 aliphatic heterocycles. The number of ether oxygens (including phenoxy) is 1. The van der Waals surface area contributed by atoms with Gasteiger partial charge in [0, 0.05) is 18.0 Å². The second kappa shape index (κ2) is 7.72. The minimum atomic E-state index is -0.729. The van der Waals surface area contributed by atoms with Gasteiger partial charge >= 0.3 is 5.97 Å². The summed E-state index contributed by atoms with van der Waals surface area (Å²) < 4.78 is 6.26. The zero-order chi connectivity index (χ0) is 17.7. The highest BCUT2D eigenvalue weighted by atomic mass is 16.5. The predicted octanol–water partition coefficient (Wildman–Crippen LogP) is 1.49. The topological polar surface area (TPSA) is 90.3 Å². The van der Waals surface area contributed by atoms with Crippen molar-refractivity contribution in [2.75, 3.05) is 6.61 Å². The summed E-state index contributed by atoms with van der Waals surface area (Å²) in [6.45, 7) is 5.52. The maximum atomic E-state index is 12.3. The van der Waals surface area contributed by atoms with E-state index in [1.165, 1.54) is 4.68 Å². The Kier molecular flexibility index (Phi) is 5.68. The average Bonchev–Trinajstić information content (AvgIpc) is 2.60. The van der Waals surface area contributed by atoms with E-state index in [9.17, 15) is 14.4 Å². The molecule has 2 aromatic rings. The third kappa shape index (κ3) is 3.79. The fourth-order valence-electron chi connectivity index (χ4n) is 2.22. The van der Waals surface area contributed by atoms with Crippen molar-refractivity contribution in [2.24, 2.45) is 0 Å². The number of fused-ring (bicyclic) bond motifs is 1. The third-order valence-corrected chi connectivity index (χ3v) is 3.71. The summed E-state index contributed by atoms with van der Waals surface area (Å²) in [6.07, 6.45) is 0.785. The van der Waals surface area contributed by atoms with Gasteiger partial charge in [-0.1, -0.05) is 25.1 Å². The summed E-state index contributed by atoms with van der Waals surface area (Å²) in [6, 6.07) is 6.72. The number of carbonyl (C=O) groups excluding carboxylic acids is 2. The Bertz CT molecular complexity index is 813. The molecule has 0 unspecified atom stereocenters. The van der Waals surface area contributed by atoms with Gasteiger partial charge in [0.15, 0.2) is 12.3 Å². The van der Waals surface area contributed by atoms with Crippen LogP contribution in [0.3, 0.4) is 0 Å². The van der Waals surface area contributed by atoms with Gasteiger partial charge in [0.05, 0.1) is 5.39 Å². The van der Waals surface area contributed by atoms with Crippen molar-refractivity contribution >= 4 is 22.6 Å². The fourth-order valence-corrected chi connectivity index (χ4v) is 2.22. The molecule has 0 fully saturated rings. The second-order valence-electron chi connectivity index (χ2n) is 5.47. The van der Waals surface area contributed by atoms with Gasteiger partial charge in [0.25, 0.3) is 11.5 Å². The van der Waals surface area contributed by atoms with Crippen LogP contribution in [0.25, 0.3) is 10.8 Å². The molecule has 2 rings (SSSR count). The van der Waals surface area contributed by atoms with Crippen molar-refractivity contribution in [2.45, 2.75) is 39.8 Å². The number of hydrogen-bond donors (Lipinski definition) is 1. The number of hydrogen-bond acceptors (Lipinski definition) is 5. The summed E-state index contributed by atoms with van der Waals surface area (Å²) in [4.78, 5) is 36.3. The number of nitrogens with one attached hydrogen (secondary N) is 1. The van der Waals surface area contributed by atoms with Gasteiger partial charge in [-0.15, -0.1) is 0 Å². The molecular weight excluding hydrogens is 310 g/mol. The van der Waals surface area contributed by atoms with Crippen LogP contribution in [-0.2, 0) is 16.1 Å². The smallest absolute Gasteiger partial charge is 0.359 e. The molecule has 24 heavy (non-hydrogen) atoms. The first-order valence-electron chi connectivity index (χ1n) is 7.94. The highest BCUT2D eigenvalue weighted by Gasteiger charge is 2.18. The fraction of sp³-hybridized carbons (Fsp3) is 0.412. The van der Waals surface area contributed by atoms with Crippen LogP contribution in [0.2, 0.25) is 0 Å². The van der Waals surface area contributed by atoms with E-state index in [-0.39, 0.29) is 29.8 Å². The number of amides is 1. The predicted molar refractivity (Wildman–Crippen MR) is 89.9 cm³/mol. The lowest BCUT2D eigenvalue weighted by Gasteiger charge is -2.12. The quantitative estimate of drug-likeness (QED) is 0.810. The van der Waals surface area contributed by atoms with Gasteiger partial charge in [-0.3, -0.25) is 9.59 Å². The largest absolute Gasteiger partial charge is 0.451 e. The van der Waals surface area contributed by atoms with Gasteiger partial charge in [-0.25, -0.2) is 9.48 Å². The van der Waals surface area contributed by atoms with Gasteiger partial charge in [-0.05, 0) is 26.3 Å². The highest BCUT2D eigenvalue weighted by molar-refractivity contribution is 6.02. The minimum absolute atomic E-state index is 0.0113. The van der Waals surface area contributed by atoms with Crippen LogP contribution >= 0.6 is 0 Å². The van der Waals surface area contributed by atoms with Crippen LogP contribution in [0.4, 0.5) is 0 Å². The standard InChI is InChI=1S/C17H21N3O4/c1-4-11(3)18-14(21)10-24-17(23)15-12-8-6-7-9-13(12)16(22)20(5-2)19-15/h6-9,11H,4-5,10H2,1-3H3,(H,18,21)/t11-/m0/s1. The molecule has 0 aliphatic rings. The van der Waals surface area contributed by atoms with Crippen LogP contribution in [0.5, 0.6) is 0 Å². The molecule has 0 radical (unpaired) electrons. The van der Waals surface area contributed by atoms with Crippen LogP contribution in [0, 0.1) is 0 Å². The summed E-state index contributed by atoms with van der Waals surface area (Å²) in [5, 5.41) is 7.60. The molecule has 0 aliphatic carbocycles. The van der Waals surface area contributed by atoms with Gasteiger partial charge in [0.1, 0.15) is 0 Å². The van der Waals surface area contributed by atoms with Crippen LogP contribution in [-0.4, -0.2) is 34.3 Å². The zero-order valence-electron chi connectivity index (χ0n) is 14.0. The Balaban J connectivity index is 2.25. The maximum Gasteiger partial charge on any atom is 0.359 e. The first-order chi connectivity index (χ1) is 11.5.